The first-order valence-electron chi connectivity index (χ1n) is 10.5. The Labute approximate surface area is 179 Å². The molecule has 3 rings (SSSR count). The van der Waals surface area contributed by atoms with Crippen LogP contribution in [0.25, 0.3) is 0 Å². The normalized spacial score (nSPS) is 21.6. The lowest BCUT2D eigenvalue weighted by atomic mass is 9.68. The van der Waals surface area contributed by atoms with E-state index in [1.165, 1.54) is 5.56 Å². The maximum atomic E-state index is 12.9. The standard InChI is InChI=1S/C24H32N4O2/c1-25-23(26-2)28-19-13-15-24(16-14-19,18-9-5-4-6-10-18)17-27-22(29)20-11-7-8-12-21(20)30-3/h4-12,19H,13-17H2,1-3H3,(H,27,29)(H2,25,26,28). The van der Waals surface area contributed by atoms with Crippen molar-refractivity contribution in [2.75, 3.05) is 27.7 Å². The Morgan fingerprint density at radius 2 is 1.77 bits per heavy atom. The quantitative estimate of drug-likeness (QED) is 0.507. The van der Waals surface area contributed by atoms with Crippen LogP contribution in [0.15, 0.2) is 59.6 Å². The van der Waals surface area contributed by atoms with Crippen molar-refractivity contribution in [2.24, 2.45) is 4.99 Å². The van der Waals surface area contributed by atoms with Gasteiger partial charge in [-0.15, -0.1) is 0 Å². The first kappa shape index (κ1) is 21.7. The summed E-state index contributed by atoms with van der Waals surface area (Å²) < 4.78 is 5.35. The van der Waals surface area contributed by atoms with Gasteiger partial charge in [-0.2, -0.15) is 0 Å². The van der Waals surface area contributed by atoms with E-state index in [1.54, 1.807) is 20.2 Å². The summed E-state index contributed by atoms with van der Waals surface area (Å²) in [6.45, 7) is 0.599. The molecule has 6 heteroatoms. The van der Waals surface area contributed by atoms with E-state index in [0.29, 0.717) is 23.9 Å². The second-order valence-corrected chi connectivity index (χ2v) is 7.77. The maximum absolute atomic E-state index is 12.9. The van der Waals surface area contributed by atoms with Gasteiger partial charge in [0.05, 0.1) is 12.7 Å². The number of aliphatic imine (C=N–C) groups is 1. The van der Waals surface area contributed by atoms with E-state index in [1.807, 2.05) is 31.3 Å². The summed E-state index contributed by atoms with van der Waals surface area (Å²) in [6.07, 6.45) is 4.00. The third-order valence-corrected chi connectivity index (χ3v) is 6.07. The van der Waals surface area contributed by atoms with Crippen molar-refractivity contribution >= 4 is 11.9 Å². The smallest absolute Gasteiger partial charge is 0.255 e. The van der Waals surface area contributed by atoms with Crippen molar-refractivity contribution in [3.8, 4) is 5.75 Å². The van der Waals surface area contributed by atoms with Gasteiger partial charge in [0.25, 0.3) is 5.91 Å². The van der Waals surface area contributed by atoms with Gasteiger partial charge in [0.15, 0.2) is 5.96 Å². The molecule has 0 aromatic heterocycles. The lowest BCUT2D eigenvalue weighted by Crippen LogP contribution is -2.49. The summed E-state index contributed by atoms with van der Waals surface area (Å²) >= 11 is 0. The highest BCUT2D eigenvalue weighted by atomic mass is 16.5. The number of rotatable bonds is 6. The Bertz CT molecular complexity index is 859. The molecule has 1 fully saturated rings. The zero-order chi connectivity index (χ0) is 21.4. The minimum absolute atomic E-state index is 0.0831. The Balaban J connectivity index is 1.74. The van der Waals surface area contributed by atoms with E-state index in [-0.39, 0.29) is 11.3 Å². The number of amides is 1. The predicted molar refractivity (Wildman–Crippen MR) is 121 cm³/mol. The maximum Gasteiger partial charge on any atom is 0.255 e. The third kappa shape index (κ3) is 4.93. The Morgan fingerprint density at radius 3 is 2.40 bits per heavy atom. The van der Waals surface area contributed by atoms with Crippen LogP contribution >= 0.6 is 0 Å². The van der Waals surface area contributed by atoms with Gasteiger partial charge < -0.3 is 20.7 Å². The molecule has 3 N–H and O–H groups in total. The molecule has 1 aliphatic rings. The number of methoxy groups -OCH3 is 1. The summed E-state index contributed by atoms with van der Waals surface area (Å²) in [7, 11) is 5.24. The fourth-order valence-corrected chi connectivity index (χ4v) is 4.29. The topological polar surface area (TPSA) is 74.8 Å². The number of ether oxygens (including phenoxy) is 1. The van der Waals surface area contributed by atoms with E-state index in [2.05, 4.69) is 45.2 Å². The van der Waals surface area contributed by atoms with Gasteiger partial charge in [0, 0.05) is 32.1 Å². The van der Waals surface area contributed by atoms with Crippen LogP contribution in [-0.4, -0.2) is 45.7 Å². The van der Waals surface area contributed by atoms with Gasteiger partial charge in [-0.3, -0.25) is 9.79 Å². The molecule has 2 aromatic rings. The SMILES string of the molecule is CN=C(NC)NC1CCC(CNC(=O)c2ccccc2OC)(c2ccccc2)CC1. The van der Waals surface area contributed by atoms with Crippen LogP contribution in [0.4, 0.5) is 0 Å². The Kier molecular flexibility index (Phi) is 7.33. The molecular weight excluding hydrogens is 376 g/mol. The molecule has 0 heterocycles. The van der Waals surface area contributed by atoms with E-state index >= 15 is 0 Å². The molecular formula is C24H32N4O2. The molecule has 160 valence electrons. The van der Waals surface area contributed by atoms with E-state index < -0.39 is 0 Å². The number of carbonyl (C=O) groups excluding carboxylic acids is 1. The number of para-hydroxylation sites is 1. The van der Waals surface area contributed by atoms with Crippen LogP contribution in [-0.2, 0) is 5.41 Å². The van der Waals surface area contributed by atoms with Crippen LogP contribution in [0.3, 0.4) is 0 Å². The van der Waals surface area contributed by atoms with Crippen molar-refractivity contribution in [1.29, 1.82) is 0 Å². The molecule has 0 spiro atoms. The van der Waals surface area contributed by atoms with Crippen LogP contribution < -0.4 is 20.7 Å². The molecule has 6 nitrogen and oxygen atoms in total. The number of carbonyl (C=O) groups is 1. The first-order chi connectivity index (χ1) is 14.6. The summed E-state index contributed by atoms with van der Waals surface area (Å²) in [5.74, 6) is 1.31. The summed E-state index contributed by atoms with van der Waals surface area (Å²) in [4.78, 5) is 17.1. The van der Waals surface area contributed by atoms with E-state index in [4.69, 9.17) is 4.74 Å². The molecule has 0 unspecified atom stereocenters. The molecule has 0 atom stereocenters. The Hall–Kier alpha value is -3.02. The van der Waals surface area contributed by atoms with Gasteiger partial charge in [0.2, 0.25) is 0 Å². The minimum atomic E-state index is -0.0985. The molecule has 0 saturated heterocycles. The van der Waals surface area contributed by atoms with Crippen LogP contribution in [0.2, 0.25) is 0 Å². The molecule has 0 aliphatic heterocycles. The van der Waals surface area contributed by atoms with Crippen molar-refractivity contribution < 1.29 is 9.53 Å². The summed E-state index contributed by atoms with van der Waals surface area (Å²) in [5.41, 5.74) is 1.76. The second kappa shape index (κ2) is 10.1. The van der Waals surface area contributed by atoms with Gasteiger partial charge in [-0.1, -0.05) is 42.5 Å². The van der Waals surface area contributed by atoms with Crippen molar-refractivity contribution in [3.63, 3.8) is 0 Å². The summed E-state index contributed by atoms with van der Waals surface area (Å²) in [6, 6.07) is 18.3. The summed E-state index contributed by atoms with van der Waals surface area (Å²) in [5, 5.41) is 9.76. The average molecular weight is 409 g/mol. The minimum Gasteiger partial charge on any atom is -0.496 e. The van der Waals surface area contributed by atoms with E-state index in [0.717, 1.165) is 31.6 Å². The fraction of sp³-hybridized carbons (Fsp3) is 0.417. The number of benzene rings is 2. The molecule has 0 bridgehead atoms. The molecule has 30 heavy (non-hydrogen) atoms. The van der Waals surface area contributed by atoms with Crippen LogP contribution in [0.1, 0.15) is 41.6 Å². The lowest BCUT2D eigenvalue weighted by Gasteiger charge is -2.41. The van der Waals surface area contributed by atoms with Crippen LogP contribution in [0, 0.1) is 0 Å². The first-order valence-corrected chi connectivity index (χ1v) is 10.5. The van der Waals surface area contributed by atoms with Gasteiger partial charge in [-0.05, 0) is 43.4 Å². The molecule has 2 aromatic carbocycles. The average Bonchev–Trinajstić information content (AvgIpc) is 2.82. The highest BCUT2D eigenvalue weighted by Crippen LogP contribution is 2.39. The third-order valence-electron chi connectivity index (χ3n) is 6.07. The second-order valence-electron chi connectivity index (χ2n) is 7.77. The number of hydrogen-bond acceptors (Lipinski definition) is 3. The van der Waals surface area contributed by atoms with Gasteiger partial charge in [0.1, 0.15) is 5.75 Å². The zero-order valence-corrected chi connectivity index (χ0v) is 18.1. The van der Waals surface area contributed by atoms with Crippen molar-refractivity contribution in [1.82, 2.24) is 16.0 Å². The predicted octanol–water partition coefficient (Wildman–Crippen LogP) is 3.10. The number of nitrogens with one attached hydrogen (secondary N) is 3. The molecule has 1 aliphatic carbocycles. The highest BCUT2D eigenvalue weighted by molar-refractivity contribution is 5.97. The number of hydrogen-bond donors (Lipinski definition) is 3. The largest absolute Gasteiger partial charge is 0.496 e. The van der Waals surface area contributed by atoms with Crippen molar-refractivity contribution in [3.05, 3.63) is 65.7 Å². The highest BCUT2D eigenvalue weighted by Gasteiger charge is 2.37. The van der Waals surface area contributed by atoms with Gasteiger partial charge >= 0.3 is 0 Å². The van der Waals surface area contributed by atoms with Crippen molar-refractivity contribution in [2.45, 2.75) is 37.1 Å². The van der Waals surface area contributed by atoms with Crippen LogP contribution in [0.5, 0.6) is 5.75 Å². The van der Waals surface area contributed by atoms with E-state index in [9.17, 15) is 4.79 Å². The van der Waals surface area contributed by atoms with Gasteiger partial charge in [-0.25, -0.2) is 0 Å². The molecule has 1 saturated carbocycles. The molecule has 0 radical (unpaired) electrons. The molecule has 1 amide bonds. The Morgan fingerprint density at radius 1 is 1.10 bits per heavy atom. The monoisotopic (exact) mass is 408 g/mol. The fourth-order valence-electron chi connectivity index (χ4n) is 4.29. The number of nitrogens with zero attached hydrogens (tertiary/aromatic N) is 1. The lowest BCUT2D eigenvalue weighted by molar-refractivity contribution is 0.0932. The number of guanidine groups is 1. The zero-order valence-electron chi connectivity index (χ0n) is 18.1.